The van der Waals surface area contributed by atoms with Crippen LogP contribution in [0.3, 0.4) is 0 Å². The Labute approximate surface area is 150 Å². The molecule has 0 N–H and O–H groups in total. The van der Waals surface area contributed by atoms with Crippen LogP contribution in [0.4, 0.5) is 0 Å². The molecule has 0 saturated carbocycles. The topological polar surface area (TPSA) is 65.2 Å². The summed E-state index contributed by atoms with van der Waals surface area (Å²) in [7, 11) is 0. The number of benzene rings is 2. The van der Waals surface area contributed by atoms with Gasteiger partial charge in [-0.15, -0.1) is 10.2 Å². The number of thioether (sulfide) groups is 1. The number of ether oxygens (including phenoxy) is 1. The smallest absolute Gasteiger partial charge is 0.276 e. The van der Waals surface area contributed by atoms with Gasteiger partial charge >= 0.3 is 0 Å². The van der Waals surface area contributed by atoms with Crippen LogP contribution in [-0.4, -0.2) is 28.8 Å². The Bertz CT molecular complexity index is 831. The first-order valence-electron chi connectivity index (χ1n) is 7.96. The Morgan fingerprint density at radius 3 is 2.72 bits per heavy atom. The van der Waals surface area contributed by atoms with Crippen molar-refractivity contribution in [3.8, 4) is 17.2 Å². The molecular weight excluding hydrogens is 336 g/mol. The molecule has 0 atom stereocenters. The molecule has 6 heteroatoms. The highest BCUT2D eigenvalue weighted by molar-refractivity contribution is 7.99. The van der Waals surface area contributed by atoms with Gasteiger partial charge in [0.05, 0.1) is 12.2 Å². The van der Waals surface area contributed by atoms with Crippen molar-refractivity contribution in [3.05, 3.63) is 59.7 Å². The average molecular weight is 354 g/mol. The number of hydrogen-bond acceptors (Lipinski definition) is 6. The fraction of sp³-hybridized carbons (Fsp3) is 0.211. The fourth-order valence-electron chi connectivity index (χ4n) is 2.19. The minimum Gasteiger partial charge on any atom is -0.493 e. The van der Waals surface area contributed by atoms with Crippen LogP contribution in [0.25, 0.3) is 11.5 Å². The van der Waals surface area contributed by atoms with Crippen LogP contribution in [0, 0.1) is 6.92 Å². The number of para-hydroxylation sites is 1. The number of aryl methyl sites for hydroxylation is 1. The highest BCUT2D eigenvalue weighted by Gasteiger charge is 2.09. The summed E-state index contributed by atoms with van der Waals surface area (Å²) in [5, 5.41) is 8.68. The average Bonchev–Trinajstić information content (AvgIpc) is 3.11. The molecule has 5 nitrogen and oxygen atoms in total. The van der Waals surface area contributed by atoms with E-state index >= 15 is 0 Å². The van der Waals surface area contributed by atoms with Crippen molar-refractivity contribution in [1.82, 2.24) is 10.2 Å². The largest absolute Gasteiger partial charge is 0.493 e. The molecule has 2 aromatic carbocycles. The Morgan fingerprint density at radius 2 is 1.92 bits per heavy atom. The van der Waals surface area contributed by atoms with Crippen molar-refractivity contribution in [1.29, 1.82) is 0 Å². The van der Waals surface area contributed by atoms with Gasteiger partial charge in [0.15, 0.2) is 6.29 Å². The van der Waals surface area contributed by atoms with Crippen LogP contribution in [0.5, 0.6) is 5.75 Å². The Morgan fingerprint density at radius 1 is 1.12 bits per heavy atom. The quantitative estimate of drug-likeness (QED) is 0.339. The first kappa shape index (κ1) is 17.2. The molecule has 0 amide bonds. The molecule has 0 unspecified atom stereocenters. The van der Waals surface area contributed by atoms with E-state index in [9.17, 15) is 4.79 Å². The van der Waals surface area contributed by atoms with Crippen molar-refractivity contribution in [3.63, 3.8) is 0 Å². The standard InChI is InChI=1S/C19H18N2O3S/c1-14-7-9-15(10-8-14)18-20-21-19(24-18)25-12-4-11-23-17-6-3-2-5-16(17)13-22/h2-3,5-10,13H,4,11-12H2,1H3. The third-order valence-electron chi connectivity index (χ3n) is 3.52. The van der Waals surface area contributed by atoms with Crippen LogP contribution in [-0.2, 0) is 0 Å². The lowest BCUT2D eigenvalue weighted by Gasteiger charge is -2.07. The second kappa shape index (κ2) is 8.48. The second-order valence-corrected chi connectivity index (χ2v) is 6.49. The van der Waals surface area contributed by atoms with Crippen LogP contribution < -0.4 is 4.74 Å². The van der Waals surface area contributed by atoms with Gasteiger partial charge in [0, 0.05) is 11.3 Å². The molecule has 0 aliphatic heterocycles. The number of aromatic nitrogens is 2. The zero-order chi connectivity index (χ0) is 17.5. The first-order valence-corrected chi connectivity index (χ1v) is 8.95. The fourth-order valence-corrected chi connectivity index (χ4v) is 2.86. The lowest BCUT2D eigenvalue weighted by Crippen LogP contribution is -2.00. The number of aldehydes is 1. The van der Waals surface area contributed by atoms with Crippen molar-refractivity contribution in [2.45, 2.75) is 18.6 Å². The zero-order valence-corrected chi connectivity index (χ0v) is 14.7. The Balaban J connectivity index is 1.45. The summed E-state index contributed by atoms with van der Waals surface area (Å²) >= 11 is 1.49. The zero-order valence-electron chi connectivity index (χ0n) is 13.8. The molecule has 128 valence electrons. The summed E-state index contributed by atoms with van der Waals surface area (Å²) in [6, 6.07) is 15.2. The van der Waals surface area contributed by atoms with E-state index in [-0.39, 0.29) is 0 Å². The van der Waals surface area contributed by atoms with E-state index in [0.717, 1.165) is 24.0 Å². The number of nitrogens with zero attached hydrogens (tertiary/aromatic N) is 2. The van der Waals surface area contributed by atoms with Gasteiger partial charge in [0.1, 0.15) is 5.75 Å². The van der Waals surface area contributed by atoms with Crippen molar-refractivity contribution < 1.29 is 13.9 Å². The Hall–Kier alpha value is -2.60. The predicted molar refractivity (Wildman–Crippen MR) is 97.1 cm³/mol. The van der Waals surface area contributed by atoms with E-state index in [1.165, 1.54) is 17.3 Å². The summed E-state index contributed by atoms with van der Waals surface area (Å²) in [6.07, 6.45) is 1.61. The SMILES string of the molecule is Cc1ccc(-c2nnc(SCCCOc3ccccc3C=O)o2)cc1. The van der Waals surface area contributed by atoms with E-state index in [1.807, 2.05) is 43.3 Å². The second-order valence-electron chi connectivity index (χ2n) is 5.45. The maximum absolute atomic E-state index is 10.9. The third-order valence-corrected chi connectivity index (χ3v) is 4.43. The van der Waals surface area contributed by atoms with Gasteiger partial charge in [-0.2, -0.15) is 0 Å². The maximum Gasteiger partial charge on any atom is 0.276 e. The molecule has 1 heterocycles. The van der Waals surface area contributed by atoms with Crippen LogP contribution in [0.2, 0.25) is 0 Å². The molecule has 25 heavy (non-hydrogen) atoms. The molecule has 0 saturated heterocycles. The maximum atomic E-state index is 10.9. The number of rotatable bonds is 8. The third kappa shape index (κ3) is 4.70. The minimum atomic E-state index is 0.525. The van der Waals surface area contributed by atoms with Gasteiger partial charge in [-0.1, -0.05) is 41.6 Å². The summed E-state index contributed by atoms with van der Waals surface area (Å²) in [4.78, 5) is 10.9. The first-order chi connectivity index (χ1) is 12.3. The molecule has 0 aliphatic carbocycles. The van der Waals surface area contributed by atoms with E-state index in [1.54, 1.807) is 12.1 Å². The van der Waals surface area contributed by atoms with Crippen molar-refractivity contribution in [2.24, 2.45) is 0 Å². The molecule has 3 rings (SSSR count). The lowest BCUT2D eigenvalue weighted by atomic mass is 10.1. The number of carbonyl (C=O) groups is 1. The molecule has 0 spiro atoms. The normalized spacial score (nSPS) is 10.6. The monoisotopic (exact) mass is 354 g/mol. The van der Waals surface area contributed by atoms with E-state index in [2.05, 4.69) is 10.2 Å². The van der Waals surface area contributed by atoms with Crippen LogP contribution in [0.15, 0.2) is 58.2 Å². The molecule has 3 aromatic rings. The van der Waals surface area contributed by atoms with Gasteiger partial charge in [0.2, 0.25) is 5.89 Å². The van der Waals surface area contributed by atoms with Crippen molar-refractivity contribution >= 4 is 18.0 Å². The Kier molecular flexibility index (Phi) is 5.85. The number of hydrogen-bond donors (Lipinski definition) is 0. The van der Waals surface area contributed by atoms with Crippen LogP contribution >= 0.6 is 11.8 Å². The molecule has 0 aliphatic rings. The van der Waals surface area contributed by atoms with E-state index in [4.69, 9.17) is 9.15 Å². The minimum absolute atomic E-state index is 0.525. The van der Waals surface area contributed by atoms with E-state index < -0.39 is 0 Å². The molecule has 1 aromatic heterocycles. The van der Waals surface area contributed by atoms with Gasteiger partial charge in [0.25, 0.3) is 5.22 Å². The summed E-state index contributed by atoms with van der Waals surface area (Å²) in [6.45, 7) is 2.56. The summed E-state index contributed by atoms with van der Waals surface area (Å²) < 4.78 is 11.3. The van der Waals surface area contributed by atoms with Crippen molar-refractivity contribution in [2.75, 3.05) is 12.4 Å². The van der Waals surface area contributed by atoms with Gasteiger partial charge in [-0.25, -0.2) is 0 Å². The number of carbonyl (C=O) groups excluding carboxylic acids is 1. The summed E-state index contributed by atoms with van der Waals surface area (Å²) in [5.41, 5.74) is 2.67. The lowest BCUT2D eigenvalue weighted by molar-refractivity contribution is 0.111. The molecule has 0 fully saturated rings. The molecule has 0 bridgehead atoms. The highest BCUT2D eigenvalue weighted by Crippen LogP contribution is 2.24. The van der Waals surface area contributed by atoms with Gasteiger partial charge < -0.3 is 9.15 Å². The molecular formula is C19H18N2O3S. The predicted octanol–water partition coefficient (Wildman–Crippen LogP) is 4.42. The van der Waals surface area contributed by atoms with Gasteiger partial charge in [-0.3, -0.25) is 4.79 Å². The summed E-state index contributed by atoms with van der Waals surface area (Å²) in [5.74, 6) is 1.93. The van der Waals surface area contributed by atoms with E-state index in [0.29, 0.717) is 29.0 Å². The van der Waals surface area contributed by atoms with Gasteiger partial charge in [-0.05, 0) is 37.6 Å². The molecule has 0 radical (unpaired) electrons. The van der Waals surface area contributed by atoms with Crippen LogP contribution in [0.1, 0.15) is 22.3 Å². The highest BCUT2D eigenvalue weighted by atomic mass is 32.2.